The summed E-state index contributed by atoms with van der Waals surface area (Å²) in [6, 6.07) is 166. The highest BCUT2D eigenvalue weighted by Crippen LogP contribution is 2.43. The topological polar surface area (TPSA) is 81.1 Å². The maximum Gasteiger partial charge on any atom is 0.116 e. The maximum absolute atomic E-state index is 5.19. The molecule has 0 amide bonds. The standard InChI is InChI=1S/2C41H27N3.C40H26N4/c1-5-22-38-32(16-1)33-17-2-6-23-39(33)43(38)30-14-9-12-28(26-30)36-20-11-21-37(42-36)29-13-10-15-31(27-29)44-40-24-7-3-18-34(40)35-19-4-8-25-41(35)44;1-5-19-38-34(15-1)35-16-2-6-20-39(35)43(38)32-13-9-11-28(24-32)30-23-31(27-42-26-30)29-12-10-14-33(25-29)44-40-21-7-3-17-36(40)37-18-4-8-22-41(37)44;1-5-19-37-31(15-1)32-16-2-6-20-38(32)43(37)29-13-9-11-27(23-29)35-25-36(42-26-41-35)28-12-10-14-30(24-28)44-39-21-7-3-17-33(39)34-18-4-8-22-40(34)44/h2*1-27H;1-26H. The average Bonchev–Trinajstić information content (AvgIpc) is 1.64. The molecule has 0 atom stereocenters. The Balaban J connectivity index is 0.000000106. The molecule has 0 saturated heterocycles. The van der Waals surface area contributed by atoms with Gasteiger partial charge in [0.05, 0.1) is 89.0 Å². The van der Waals surface area contributed by atoms with Crippen molar-refractivity contribution in [2.45, 2.75) is 0 Å². The zero-order valence-electron chi connectivity index (χ0n) is 71.7. The first-order valence-corrected chi connectivity index (χ1v) is 44.8. The van der Waals surface area contributed by atoms with Crippen LogP contribution in [-0.2, 0) is 0 Å². The van der Waals surface area contributed by atoms with Gasteiger partial charge in [-0.05, 0) is 181 Å². The van der Waals surface area contributed by atoms with E-state index in [0.29, 0.717) is 0 Å². The van der Waals surface area contributed by atoms with E-state index in [1.54, 1.807) is 6.33 Å². The molecule has 0 bridgehead atoms. The van der Waals surface area contributed by atoms with Gasteiger partial charge in [-0.25, -0.2) is 15.0 Å². The normalized spacial score (nSPS) is 11.6. The SMILES string of the molecule is c1cc(-c2cc(-c3cccc(-n4c5ccccc5c5ccccc54)c3)ncn2)cc(-n2c3ccccc3c3ccccc32)c1.c1cc(-c2cccc(-c3cccc(-n4c5ccccc5c5ccccc54)c3)n2)cc(-n2c3ccccc3c3ccccc32)c1.c1cc(-c2cncc(-c3cccc(-n4c5ccccc5c5ccccc54)c3)c2)cc(-n2c3ccccc3c3ccccc32)c1. The van der Waals surface area contributed by atoms with Gasteiger partial charge in [0.15, 0.2) is 0 Å². The van der Waals surface area contributed by atoms with Gasteiger partial charge in [-0.15, -0.1) is 0 Å². The second-order valence-electron chi connectivity index (χ2n) is 33.7. The van der Waals surface area contributed by atoms with Crippen LogP contribution in [0.4, 0.5) is 0 Å². The molecular weight excluding hydrogens is 1610 g/mol. The summed E-state index contributed by atoms with van der Waals surface area (Å²) in [5, 5.41) is 15.1. The zero-order chi connectivity index (χ0) is 87.1. The average molecular weight is 1690 g/mol. The molecule has 132 heavy (non-hydrogen) atoms. The first kappa shape index (κ1) is 76.6. The Morgan fingerprint density at radius 3 is 0.538 bits per heavy atom. The Bertz CT molecular complexity index is 7550. The first-order chi connectivity index (χ1) is 65.5. The van der Waals surface area contributed by atoms with E-state index >= 15 is 0 Å². The highest BCUT2D eigenvalue weighted by Gasteiger charge is 2.22. The van der Waals surface area contributed by atoms with Crippen LogP contribution in [0.2, 0.25) is 0 Å². The second kappa shape index (κ2) is 32.2. The largest absolute Gasteiger partial charge is 0.309 e. The Labute approximate surface area is 760 Å². The number of fused-ring (bicyclic) bond motifs is 18. The summed E-state index contributed by atoms with van der Waals surface area (Å²) in [7, 11) is 0. The van der Waals surface area contributed by atoms with Crippen molar-refractivity contribution in [1.82, 2.24) is 47.3 Å². The fraction of sp³-hybridized carbons (Fsp3) is 0. The summed E-state index contributed by atoms with van der Waals surface area (Å²) >= 11 is 0. The van der Waals surface area contributed by atoms with Crippen molar-refractivity contribution in [3.05, 3.63) is 486 Å². The Hall–Kier alpha value is -17.9. The summed E-state index contributed by atoms with van der Waals surface area (Å²) in [4.78, 5) is 19.3. The highest BCUT2D eigenvalue weighted by atomic mass is 15.0. The number of hydrogen-bond acceptors (Lipinski definition) is 4. The molecule has 0 spiro atoms. The van der Waals surface area contributed by atoms with Crippen LogP contribution in [-0.4, -0.2) is 47.3 Å². The van der Waals surface area contributed by atoms with Crippen LogP contribution in [0.5, 0.6) is 0 Å². The number of hydrogen-bond donors (Lipinski definition) is 0. The van der Waals surface area contributed by atoms with E-state index in [0.717, 1.165) is 101 Å². The van der Waals surface area contributed by atoms with Crippen molar-refractivity contribution in [3.8, 4) is 101 Å². The lowest BCUT2D eigenvalue weighted by Crippen LogP contribution is -1.96. The predicted molar refractivity (Wildman–Crippen MR) is 549 cm³/mol. The number of aromatic nitrogens is 10. The molecule has 0 aliphatic rings. The van der Waals surface area contributed by atoms with Crippen molar-refractivity contribution in [2.24, 2.45) is 0 Å². The second-order valence-corrected chi connectivity index (χ2v) is 33.7. The molecule has 618 valence electrons. The molecule has 9 heterocycles. The molecule has 0 aliphatic heterocycles. The smallest absolute Gasteiger partial charge is 0.116 e. The van der Waals surface area contributed by atoms with Gasteiger partial charge < -0.3 is 27.4 Å². The van der Waals surface area contributed by atoms with Crippen molar-refractivity contribution in [3.63, 3.8) is 0 Å². The third-order valence-electron chi connectivity index (χ3n) is 26.1. The summed E-state index contributed by atoms with van der Waals surface area (Å²) in [5.41, 5.74) is 33.5. The predicted octanol–water partition coefficient (Wildman–Crippen LogP) is 31.2. The summed E-state index contributed by atoms with van der Waals surface area (Å²) in [6.07, 6.45) is 5.60. The van der Waals surface area contributed by atoms with Crippen LogP contribution in [0.25, 0.3) is 232 Å². The number of para-hydroxylation sites is 12. The van der Waals surface area contributed by atoms with E-state index in [1.807, 2.05) is 12.4 Å². The maximum atomic E-state index is 5.19. The van der Waals surface area contributed by atoms with Gasteiger partial charge in [-0.1, -0.05) is 297 Å². The molecule has 27 aromatic rings. The van der Waals surface area contributed by atoms with Gasteiger partial charge in [-0.3, -0.25) is 4.98 Å². The zero-order valence-corrected chi connectivity index (χ0v) is 71.7. The molecular formula is C122H80N10. The Morgan fingerprint density at radius 2 is 0.318 bits per heavy atom. The van der Waals surface area contributed by atoms with Gasteiger partial charge in [0.1, 0.15) is 6.33 Å². The van der Waals surface area contributed by atoms with Crippen molar-refractivity contribution >= 4 is 131 Å². The minimum Gasteiger partial charge on any atom is -0.309 e. The molecule has 18 aromatic carbocycles. The van der Waals surface area contributed by atoms with Crippen LogP contribution in [0.15, 0.2) is 486 Å². The molecule has 0 saturated carbocycles. The van der Waals surface area contributed by atoms with Crippen LogP contribution >= 0.6 is 0 Å². The molecule has 10 nitrogen and oxygen atoms in total. The third-order valence-corrected chi connectivity index (χ3v) is 26.1. The minimum absolute atomic E-state index is 0.889. The van der Waals surface area contributed by atoms with Crippen LogP contribution in [0.3, 0.4) is 0 Å². The van der Waals surface area contributed by atoms with E-state index in [1.165, 1.54) is 131 Å². The Kier molecular flexibility index (Phi) is 18.7. The third kappa shape index (κ3) is 13.2. The van der Waals surface area contributed by atoms with E-state index in [2.05, 4.69) is 495 Å². The fourth-order valence-electron chi connectivity index (χ4n) is 20.3. The fourth-order valence-corrected chi connectivity index (χ4v) is 20.3. The lowest BCUT2D eigenvalue weighted by Gasteiger charge is -2.12. The molecule has 9 aromatic heterocycles. The van der Waals surface area contributed by atoms with E-state index < -0.39 is 0 Å². The van der Waals surface area contributed by atoms with E-state index in [9.17, 15) is 0 Å². The number of nitrogens with zero attached hydrogens (tertiary/aromatic N) is 10. The monoisotopic (exact) mass is 1680 g/mol. The van der Waals surface area contributed by atoms with Crippen molar-refractivity contribution in [2.75, 3.05) is 0 Å². The van der Waals surface area contributed by atoms with Gasteiger partial charge in [-0.2, -0.15) is 0 Å². The van der Waals surface area contributed by atoms with Crippen LogP contribution < -0.4 is 0 Å². The lowest BCUT2D eigenvalue weighted by molar-refractivity contribution is 1.15. The quantitative estimate of drug-likeness (QED) is 0.122. The highest BCUT2D eigenvalue weighted by molar-refractivity contribution is 6.15. The Morgan fingerprint density at radius 1 is 0.136 bits per heavy atom. The van der Waals surface area contributed by atoms with Crippen LogP contribution in [0, 0.1) is 0 Å². The van der Waals surface area contributed by atoms with E-state index in [-0.39, 0.29) is 0 Å². The molecule has 27 rings (SSSR count). The molecule has 0 unspecified atom stereocenters. The number of benzene rings is 18. The van der Waals surface area contributed by atoms with E-state index in [4.69, 9.17) is 19.9 Å². The lowest BCUT2D eigenvalue weighted by atomic mass is 10.0. The van der Waals surface area contributed by atoms with Gasteiger partial charge >= 0.3 is 0 Å². The van der Waals surface area contributed by atoms with Gasteiger partial charge in [0.25, 0.3) is 0 Å². The minimum atomic E-state index is 0.889. The summed E-state index contributed by atoms with van der Waals surface area (Å²) in [6.45, 7) is 0. The molecule has 10 heteroatoms. The van der Waals surface area contributed by atoms with Gasteiger partial charge in [0.2, 0.25) is 0 Å². The first-order valence-electron chi connectivity index (χ1n) is 44.8. The molecule has 0 aliphatic carbocycles. The summed E-state index contributed by atoms with van der Waals surface area (Å²) in [5.74, 6) is 0. The molecule has 0 fully saturated rings. The summed E-state index contributed by atoms with van der Waals surface area (Å²) < 4.78 is 14.1. The number of pyridine rings is 2. The van der Waals surface area contributed by atoms with Gasteiger partial charge in [0, 0.05) is 145 Å². The van der Waals surface area contributed by atoms with Crippen molar-refractivity contribution < 1.29 is 0 Å². The number of rotatable bonds is 12. The van der Waals surface area contributed by atoms with Crippen molar-refractivity contribution in [1.29, 1.82) is 0 Å². The molecule has 0 N–H and O–H groups in total. The van der Waals surface area contributed by atoms with Crippen LogP contribution in [0.1, 0.15) is 0 Å². The molecule has 0 radical (unpaired) electrons.